The third-order valence-electron chi connectivity index (χ3n) is 4.51. The highest BCUT2D eigenvalue weighted by molar-refractivity contribution is 5.95. The van der Waals surface area contributed by atoms with E-state index in [4.69, 9.17) is 15.2 Å². The molecular formula is C18H29ClN2O3. The first-order valence-electron chi connectivity index (χ1n) is 8.47. The maximum Gasteiger partial charge on any atom is 0.251 e. The minimum absolute atomic E-state index is 0. The molecule has 1 amide bonds. The third kappa shape index (κ3) is 5.02. The van der Waals surface area contributed by atoms with Gasteiger partial charge in [0.1, 0.15) is 0 Å². The van der Waals surface area contributed by atoms with Gasteiger partial charge in [0.15, 0.2) is 11.5 Å². The molecule has 3 N–H and O–H groups in total. The zero-order valence-corrected chi connectivity index (χ0v) is 15.4. The summed E-state index contributed by atoms with van der Waals surface area (Å²) in [5, 5.41) is 3.12. The van der Waals surface area contributed by atoms with E-state index in [9.17, 15) is 4.79 Å². The molecule has 2 rings (SSSR count). The van der Waals surface area contributed by atoms with Gasteiger partial charge in [-0.3, -0.25) is 4.79 Å². The summed E-state index contributed by atoms with van der Waals surface area (Å²) < 4.78 is 11.1. The summed E-state index contributed by atoms with van der Waals surface area (Å²) in [5.41, 5.74) is 6.21. The zero-order chi connectivity index (χ0) is 16.7. The van der Waals surface area contributed by atoms with Crippen molar-refractivity contribution >= 4 is 18.3 Å². The number of hydrogen-bond acceptors (Lipinski definition) is 4. The van der Waals surface area contributed by atoms with Crippen LogP contribution in [0.3, 0.4) is 0 Å². The maximum absolute atomic E-state index is 12.5. The fourth-order valence-electron chi connectivity index (χ4n) is 3.00. The molecule has 0 atom stereocenters. The zero-order valence-electron chi connectivity index (χ0n) is 14.6. The number of hydrogen-bond donors (Lipinski definition) is 2. The number of ether oxygens (including phenoxy) is 2. The molecule has 1 fully saturated rings. The third-order valence-corrected chi connectivity index (χ3v) is 4.51. The SMILES string of the molecule is CCCCOc1ccc(C(=O)NC2(CN)CCCC2)cc1OC.Cl. The molecular weight excluding hydrogens is 328 g/mol. The van der Waals surface area contributed by atoms with Crippen LogP contribution in [0.5, 0.6) is 11.5 Å². The van der Waals surface area contributed by atoms with Crippen molar-refractivity contribution in [3.63, 3.8) is 0 Å². The standard InChI is InChI=1S/C18H28N2O3.ClH/c1-3-4-11-23-15-8-7-14(12-16(15)22-2)17(21)20-18(13-19)9-5-6-10-18;/h7-8,12H,3-6,9-11,13,19H2,1-2H3,(H,20,21);1H. The van der Waals surface area contributed by atoms with Gasteiger partial charge in [0, 0.05) is 12.1 Å². The van der Waals surface area contributed by atoms with Gasteiger partial charge < -0.3 is 20.5 Å². The molecule has 1 aromatic carbocycles. The van der Waals surface area contributed by atoms with Gasteiger partial charge in [0.25, 0.3) is 5.91 Å². The van der Waals surface area contributed by atoms with Crippen LogP contribution in [-0.2, 0) is 0 Å². The van der Waals surface area contributed by atoms with Gasteiger partial charge in [-0.25, -0.2) is 0 Å². The molecule has 1 aliphatic rings. The van der Waals surface area contributed by atoms with Crippen molar-refractivity contribution in [2.45, 2.75) is 51.0 Å². The number of carbonyl (C=O) groups excluding carboxylic acids is 1. The summed E-state index contributed by atoms with van der Waals surface area (Å²) in [6.45, 7) is 3.24. The molecule has 0 radical (unpaired) electrons. The molecule has 0 unspecified atom stereocenters. The lowest BCUT2D eigenvalue weighted by molar-refractivity contribution is 0.0902. The Morgan fingerprint density at radius 2 is 2.00 bits per heavy atom. The van der Waals surface area contributed by atoms with Crippen molar-refractivity contribution in [3.8, 4) is 11.5 Å². The van der Waals surface area contributed by atoms with E-state index in [0.29, 0.717) is 30.2 Å². The largest absolute Gasteiger partial charge is 0.493 e. The molecule has 0 saturated heterocycles. The van der Waals surface area contributed by atoms with E-state index >= 15 is 0 Å². The van der Waals surface area contributed by atoms with E-state index in [1.54, 1.807) is 25.3 Å². The van der Waals surface area contributed by atoms with E-state index in [0.717, 1.165) is 38.5 Å². The lowest BCUT2D eigenvalue weighted by Gasteiger charge is -2.28. The second kappa shape index (κ2) is 9.74. The number of benzene rings is 1. The minimum Gasteiger partial charge on any atom is -0.493 e. The van der Waals surface area contributed by atoms with Crippen LogP contribution < -0.4 is 20.5 Å². The Labute approximate surface area is 150 Å². The molecule has 0 aromatic heterocycles. The summed E-state index contributed by atoms with van der Waals surface area (Å²) >= 11 is 0. The van der Waals surface area contributed by atoms with E-state index in [1.165, 1.54) is 0 Å². The second-order valence-corrected chi connectivity index (χ2v) is 6.21. The van der Waals surface area contributed by atoms with Crippen LogP contribution >= 0.6 is 12.4 Å². The number of nitrogens with two attached hydrogens (primary N) is 1. The Morgan fingerprint density at radius 3 is 2.58 bits per heavy atom. The summed E-state index contributed by atoms with van der Waals surface area (Å²) in [7, 11) is 1.59. The molecule has 0 aliphatic heterocycles. The number of amides is 1. The predicted octanol–water partition coefficient (Wildman–Crippen LogP) is 3.30. The highest BCUT2D eigenvalue weighted by Gasteiger charge is 2.34. The minimum atomic E-state index is -0.249. The van der Waals surface area contributed by atoms with Crippen LogP contribution in [0, 0.1) is 0 Å². The Morgan fingerprint density at radius 1 is 1.29 bits per heavy atom. The van der Waals surface area contributed by atoms with E-state index in [2.05, 4.69) is 12.2 Å². The van der Waals surface area contributed by atoms with Crippen molar-refractivity contribution < 1.29 is 14.3 Å². The maximum atomic E-state index is 12.5. The summed E-state index contributed by atoms with van der Waals surface area (Å²) in [4.78, 5) is 12.5. The van der Waals surface area contributed by atoms with Crippen LogP contribution in [-0.4, -0.2) is 31.7 Å². The molecule has 0 spiro atoms. The summed E-state index contributed by atoms with van der Waals surface area (Å²) in [6, 6.07) is 5.31. The summed E-state index contributed by atoms with van der Waals surface area (Å²) in [6.07, 6.45) is 6.19. The van der Waals surface area contributed by atoms with Gasteiger partial charge in [0.05, 0.1) is 19.3 Å². The number of unbranched alkanes of at least 4 members (excludes halogenated alkanes) is 1. The molecule has 1 aromatic rings. The molecule has 5 nitrogen and oxygen atoms in total. The highest BCUT2D eigenvalue weighted by atomic mass is 35.5. The lowest BCUT2D eigenvalue weighted by atomic mass is 9.97. The molecule has 0 heterocycles. The lowest BCUT2D eigenvalue weighted by Crippen LogP contribution is -2.51. The van der Waals surface area contributed by atoms with Crippen molar-refractivity contribution in [3.05, 3.63) is 23.8 Å². The molecule has 136 valence electrons. The van der Waals surface area contributed by atoms with Crippen LogP contribution in [0.4, 0.5) is 0 Å². The van der Waals surface area contributed by atoms with Gasteiger partial charge in [-0.15, -0.1) is 12.4 Å². The Hall–Kier alpha value is -1.46. The molecule has 0 bridgehead atoms. The van der Waals surface area contributed by atoms with Gasteiger partial charge in [-0.05, 0) is 37.5 Å². The van der Waals surface area contributed by atoms with Crippen LogP contribution in [0.25, 0.3) is 0 Å². The summed E-state index contributed by atoms with van der Waals surface area (Å²) in [5.74, 6) is 1.16. The predicted molar refractivity (Wildman–Crippen MR) is 98.4 cm³/mol. The average Bonchev–Trinajstić information content (AvgIpc) is 3.04. The van der Waals surface area contributed by atoms with Crippen molar-refractivity contribution in [2.75, 3.05) is 20.3 Å². The first-order chi connectivity index (χ1) is 11.1. The highest BCUT2D eigenvalue weighted by Crippen LogP contribution is 2.31. The smallest absolute Gasteiger partial charge is 0.251 e. The number of halogens is 1. The van der Waals surface area contributed by atoms with Crippen LogP contribution in [0.2, 0.25) is 0 Å². The van der Waals surface area contributed by atoms with E-state index in [1.807, 2.05) is 0 Å². The Bertz CT molecular complexity index is 531. The fraction of sp³-hybridized carbons (Fsp3) is 0.611. The fourth-order valence-corrected chi connectivity index (χ4v) is 3.00. The normalized spacial score (nSPS) is 15.5. The van der Waals surface area contributed by atoms with Crippen LogP contribution in [0.15, 0.2) is 18.2 Å². The monoisotopic (exact) mass is 356 g/mol. The molecule has 1 saturated carbocycles. The van der Waals surface area contributed by atoms with Gasteiger partial charge in [-0.2, -0.15) is 0 Å². The second-order valence-electron chi connectivity index (χ2n) is 6.21. The number of carbonyl (C=O) groups is 1. The van der Waals surface area contributed by atoms with E-state index < -0.39 is 0 Å². The molecule has 24 heavy (non-hydrogen) atoms. The number of rotatable bonds is 8. The average molecular weight is 357 g/mol. The van der Waals surface area contributed by atoms with Gasteiger partial charge in [0.2, 0.25) is 0 Å². The topological polar surface area (TPSA) is 73.6 Å². The number of methoxy groups -OCH3 is 1. The van der Waals surface area contributed by atoms with Gasteiger partial charge in [-0.1, -0.05) is 26.2 Å². The first-order valence-corrected chi connectivity index (χ1v) is 8.47. The van der Waals surface area contributed by atoms with Gasteiger partial charge >= 0.3 is 0 Å². The van der Waals surface area contributed by atoms with Crippen molar-refractivity contribution in [1.82, 2.24) is 5.32 Å². The quantitative estimate of drug-likeness (QED) is 0.701. The number of nitrogens with one attached hydrogen (secondary N) is 1. The van der Waals surface area contributed by atoms with Crippen molar-refractivity contribution in [1.29, 1.82) is 0 Å². The first kappa shape index (κ1) is 20.6. The van der Waals surface area contributed by atoms with Crippen LogP contribution in [0.1, 0.15) is 55.8 Å². The Kier molecular flexibility index (Phi) is 8.36. The molecule has 1 aliphatic carbocycles. The molecule has 6 heteroatoms. The van der Waals surface area contributed by atoms with Crippen molar-refractivity contribution in [2.24, 2.45) is 5.73 Å². The Balaban J connectivity index is 0.00000288. The van der Waals surface area contributed by atoms with E-state index in [-0.39, 0.29) is 23.9 Å².